The fraction of sp³-hybridized carbons (Fsp3) is 0.692. The highest BCUT2D eigenvalue weighted by molar-refractivity contribution is 5.46. The molecule has 0 aliphatic heterocycles. The van der Waals surface area contributed by atoms with Crippen molar-refractivity contribution < 1.29 is 5.11 Å². The third-order valence-corrected chi connectivity index (χ3v) is 2.56. The molecule has 0 aliphatic rings. The van der Waals surface area contributed by atoms with Crippen LogP contribution in [0.2, 0.25) is 0 Å². The monoisotopic (exact) mass is 252 g/mol. The molecule has 0 aliphatic carbocycles. The highest BCUT2D eigenvalue weighted by Gasteiger charge is 2.08. The first-order valence-electron chi connectivity index (χ1n) is 6.52. The molecule has 102 valence electrons. The molecular weight excluding hydrogens is 228 g/mol. The van der Waals surface area contributed by atoms with Gasteiger partial charge in [-0.05, 0) is 26.2 Å². The van der Waals surface area contributed by atoms with Crippen LogP contribution in [-0.2, 0) is 0 Å². The van der Waals surface area contributed by atoms with Crippen LogP contribution in [0.15, 0.2) is 6.20 Å². The van der Waals surface area contributed by atoms with Crippen molar-refractivity contribution in [1.82, 2.24) is 9.97 Å². The molecule has 0 aromatic carbocycles. The summed E-state index contributed by atoms with van der Waals surface area (Å²) < 4.78 is 0. The van der Waals surface area contributed by atoms with Crippen LogP contribution in [0.5, 0.6) is 0 Å². The molecule has 1 atom stereocenters. The number of nitrogens with one attached hydrogen (secondary N) is 2. The highest BCUT2D eigenvalue weighted by Crippen LogP contribution is 2.13. The Morgan fingerprint density at radius 1 is 1.33 bits per heavy atom. The molecule has 1 aromatic rings. The molecule has 1 unspecified atom stereocenters. The lowest BCUT2D eigenvalue weighted by Gasteiger charge is -2.15. The Kier molecular flexibility index (Phi) is 5.85. The van der Waals surface area contributed by atoms with Crippen LogP contribution in [0.1, 0.15) is 32.8 Å². The van der Waals surface area contributed by atoms with Crippen molar-refractivity contribution in [2.24, 2.45) is 5.92 Å². The summed E-state index contributed by atoms with van der Waals surface area (Å²) in [6.45, 7) is 9.46. The number of nitrogens with zero attached hydrogens (tertiary/aromatic N) is 2. The Labute approximate surface area is 109 Å². The molecule has 1 heterocycles. The minimum absolute atomic E-state index is 0.345. The minimum Gasteiger partial charge on any atom is -0.391 e. The maximum Gasteiger partial charge on any atom is 0.224 e. The van der Waals surface area contributed by atoms with Crippen molar-refractivity contribution in [3.05, 3.63) is 11.8 Å². The topological polar surface area (TPSA) is 70.1 Å². The maximum absolute atomic E-state index is 9.82. The van der Waals surface area contributed by atoms with Gasteiger partial charge in [-0.3, -0.25) is 0 Å². The minimum atomic E-state index is -0.345. The number of anilines is 2. The van der Waals surface area contributed by atoms with Gasteiger partial charge in [-0.1, -0.05) is 13.8 Å². The van der Waals surface area contributed by atoms with E-state index in [0.717, 1.165) is 24.3 Å². The lowest BCUT2D eigenvalue weighted by atomic mass is 10.1. The van der Waals surface area contributed by atoms with Gasteiger partial charge in [-0.2, -0.15) is 4.98 Å². The molecule has 3 N–H and O–H groups in total. The number of hydrogen-bond donors (Lipinski definition) is 3. The van der Waals surface area contributed by atoms with Gasteiger partial charge in [0.25, 0.3) is 0 Å². The zero-order valence-electron chi connectivity index (χ0n) is 11.7. The predicted octanol–water partition coefficient (Wildman–Crippen LogP) is 2.04. The van der Waals surface area contributed by atoms with Gasteiger partial charge in [-0.15, -0.1) is 0 Å². The first kappa shape index (κ1) is 14.7. The molecule has 1 rings (SSSR count). The standard InChI is InChI=1S/C13H24N4O/c1-5-14-13-16-7-10(4)12(17-13)15-8-11(18)6-9(2)3/h7,9,11,18H,5-6,8H2,1-4H3,(H2,14,15,16,17). The summed E-state index contributed by atoms with van der Waals surface area (Å²) in [5, 5.41) is 16.1. The lowest BCUT2D eigenvalue weighted by Crippen LogP contribution is -2.22. The van der Waals surface area contributed by atoms with Gasteiger partial charge < -0.3 is 15.7 Å². The van der Waals surface area contributed by atoms with Crippen LogP contribution in [0.4, 0.5) is 11.8 Å². The van der Waals surface area contributed by atoms with E-state index in [2.05, 4.69) is 34.4 Å². The SMILES string of the molecule is CCNc1ncc(C)c(NCC(O)CC(C)C)n1. The summed E-state index contributed by atoms with van der Waals surface area (Å²) in [5.74, 6) is 1.89. The van der Waals surface area contributed by atoms with E-state index in [0.29, 0.717) is 18.4 Å². The molecular formula is C13H24N4O. The summed E-state index contributed by atoms with van der Waals surface area (Å²) >= 11 is 0. The maximum atomic E-state index is 9.82. The molecule has 0 spiro atoms. The first-order valence-corrected chi connectivity index (χ1v) is 6.52. The first-order chi connectivity index (χ1) is 8.52. The van der Waals surface area contributed by atoms with E-state index in [9.17, 15) is 5.11 Å². The smallest absolute Gasteiger partial charge is 0.224 e. The van der Waals surface area contributed by atoms with Crippen molar-refractivity contribution in [2.45, 2.75) is 40.2 Å². The Morgan fingerprint density at radius 2 is 2.06 bits per heavy atom. The van der Waals surface area contributed by atoms with E-state index < -0.39 is 0 Å². The van der Waals surface area contributed by atoms with Gasteiger partial charge in [0.2, 0.25) is 5.95 Å². The van der Waals surface area contributed by atoms with Crippen LogP contribution in [-0.4, -0.2) is 34.3 Å². The van der Waals surface area contributed by atoms with Crippen LogP contribution in [0.25, 0.3) is 0 Å². The second kappa shape index (κ2) is 7.16. The normalized spacial score (nSPS) is 12.6. The van der Waals surface area contributed by atoms with E-state index in [1.54, 1.807) is 6.20 Å². The largest absolute Gasteiger partial charge is 0.391 e. The molecule has 0 radical (unpaired) electrons. The zero-order chi connectivity index (χ0) is 13.5. The Bertz CT molecular complexity index is 368. The fourth-order valence-corrected chi connectivity index (χ4v) is 1.71. The van der Waals surface area contributed by atoms with E-state index >= 15 is 0 Å². The van der Waals surface area contributed by atoms with E-state index in [1.807, 2.05) is 13.8 Å². The van der Waals surface area contributed by atoms with Crippen LogP contribution < -0.4 is 10.6 Å². The predicted molar refractivity (Wildman–Crippen MR) is 74.9 cm³/mol. The van der Waals surface area contributed by atoms with Gasteiger partial charge in [0.1, 0.15) is 5.82 Å². The van der Waals surface area contributed by atoms with Crippen molar-refractivity contribution in [1.29, 1.82) is 0 Å². The number of aryl methyl sites for hydroxylation is 1. The summed E-state index contributed by atoms with van der Waals surface area (Å²) in [5.41, 5.74) is 0.980. The number of hydrogen-bond acceptors (Lipinski definition) is 5. The summed E-state index contributed by atoms with van der Waals surface area (Å²) in [6, 6.07) is 0. The average Bonchev–Trinajstić information content (AvgIpc) is 2.29. The average molecular weight is 252 g/mol. The lowest BCUT2D eigenvalue weighted by molar-refractivity contribution is 0.161. The second-order valence-electron chi connectivity index (χ2n) is 4.92. The molecule has 0 amide bonds. The fourth-order valence-electron chi connectivity index (χ4n) is 1.71. The number of rotatable bonds is 7. The summed E-state index contributed by atoms with van der Waals surface area (Å²) in [7, 11) is 0. The van der Waals surface area contributed by atoms with Crippen molar-refractivity contribution in [3.8, 4) is 0 Å². The van der Waals surface area contributed by atoms with Gasteiger partial charge in [0.15, 0.2) is 0 Å². The molecule has 0 fully saturated rings. The Morgan fingerprint density at radius 3 is 2.67 bits per heavy atom. The molecule has 0 bridgehead atoms. The molecule has 0 saturated carbocycles. The molecule has 5 nitrogen and oxygen atoms in total. The number of aliphatic hydroxyl groups excluding tert-OH is 1. The summed E-state index contributed by atoms with van der Waals surface area (Å²) in [4.78, 5) is 8.55. The Hall–Kier alpha value is -1.36. The van der Waals surface area contributed by atoms with Crippen molar-refractivity contribution in [2.75, 3.05) is 23.7 Å². The number of aliphatic hydroxyl groups is 1. The number of aromatic nitrogens is 2. The van der Waals surface area contributed by atoms with Crippen molar-refractivity contribution in [3.63, 3.8) is 0 Å². The van der Waals surface area contributed by atoms with Crippen LogP contribution in [0, 0.1) is 12.8 Å². The van der Waals surface area contributed by atoms with E-state index in [4.69, 9.17) is 0 Å². The van der Waals surface area contributed by atoms with E-state index in [1.165, 1.54) is 0 Å². The second-order valence-corrected chi connectivity index (χ2v) is 4.92. The van der Waals surface area contributed by atoms with Gasteiger partial charge in [0, 0.05) is 24.8 Å². The van der Waals surface area contributed by atoms with E-state index in [-0.39, 0.29) is 6.10 Å². The van der Waals surface area contributed by atoms with Gasteiger partial charge in [-0.25, -0.2) is 4.98 Å². The third kappa shape index (κ3) is 4.87. The van der Waals surface area contributed by atoms with Crippen LogP contribution >= 0.6 is 0 Å². The van der Waals surface area contributed by atoms with Gasteiger partial charge in [0.05, 0.1) is 6.10 Å². The molecule has 18 heavy (non-hydrogen) atoms. The Balaban J connectivity index is 2.57. The molecule has 0 saturated heterocycles. The van der Waals surface area contributed by atoms with Crippen LogP contribution in [0.3, 0.4) is 0 Å². The zero-order valence-corrected chi connectivity index (χ0v) is 11.7. The summed E-state index contributed by atoms with van der Waals surface area (Å²) in [6.07, 6.45) is 2.22. The quantitative estimate of drug-likeness (QED) is 0.692. The molecule has 1 aromatic heterocycles. The van der Waals surface area contributed by atoms with Crippen molar-refractivity contribution >= 4 is 11.8 Å². The highest BCUT2D eigenvalue weighted by atomic mass is 16.3. The van der Waals surface area contributed by atoms with Gasteiger partial charge >= 0.3 is 0 Å². The molecule has 5 heteroatoms. The third-order valence-electron chi connectivity index (χ3n) is 2.56.